The van der Waals surface area contributed by atoms with E-state index in [4.69, 9.17) is 0 Å². The van der Waals surface area contributed by atoms with E-state index in [-0.39, 0.29) is 5.97 Å². The average molecular weight is 215 g/mol. The highest BCUT2D eigenvalue weighted by Crippen LogP contribution is 2.26. The number of hydrogen-bond donors (Lipinski definition) is 1. The summed E-state index contributed by atoms with van der Waals surface area (Å²) in [4.78, 5) is 11.2. The van der Waals surface area contributed by atoms with Gasteiger partial charge in [0.25, 0.3) is 0 Å². The smallest absolute Gasteiger partial charge is 0.353 e. The number of carbonyl (C=O) groups excluding carboxylic acids is 1. The molecule has 1 rings (SSSR count). The number of hydrogen-bond acceptors (Lipinski definition) is 4. The minimum atomic E-state index is -0.342. The highest BCUT2D eigenvalue weighted by Gasteiger charge is 2.20. The second-order valence-electron chi connectivity index (χ2n) is 3.75. The van der Waals surface area contributed by atoms with Crippen molar-refractivity contribution in [3.8, 4) is 0 Å². The van der Waals surface area contributed by atoms with Gasteiger partial charge in [0, 0.05) is 6.42 Å². The van der Waals surface area contributed by atoms with Crippen molar-refractivity contribution in [2.45, 2.75) is 38.5 Å². The normalized spacial score (nSPS) is 19.4. The molecule has 14 heavy (non-hydrogen) atoms. The number of nitrogens with zero attached hydrogens (tertiary/aromatic N) is 1. The Morgan fingerprint density at radius 1 is 1.43 bits per heavy atom. The van der Waals surface area contributed by atoms with Crippen molar-refractivity contribution in [2.24, 2.45) is 10.3 Å². The summed E-state index contributed by atoms with van der Waals surface area (Å²) in [6, 6.07) is 0. The molecule has 0 aliphatic heterocycles. The highest BCUT2D eigenvalue weighted by atomic mass is 32.1. The van der Waals surface area contributed by atoms with Crippen LogP contribution < -0.4 is 0 Å². The van der Waals surface area contributed by atoms with Gasteiger partial charge in [-0.1, -0.05) is 32.1 Å². The lowest BCUT2D eigenvalue weighted by molar-refractivity contribution is -0.132. The van der Waals surface area contributed by atoms with Gasteiger partial charge in [0.1, 0.15) is 5.71 Å². The Labute approximate surface area is 90.5 Å². The van der Waals surface area contributed by atoms with Crippen molar-refractivity contribution < 1.29 is 9.53 Å². The molecule has 0 aromatic rings. The molecule has 80 valence electrons. The van der Waals surface area contributed by atoms with E-state index < -0.39 is 0 Å². The van der Waals surface area contributed by atoms with Crippen LogP contribution in [0.2, 0.25) is 0 Å². The predicted molar refractivity (Wildman–Crippen MR) is 59.6 cm³/mol. The molecule has 0 heterocycles. The molecule has 4 heteroatoms. The lowest BCUT2D eigenvalue weighted by Gasteiger charge is -2.21. The summed E-state index contributed by atoms with van der Waals surface area (Å²) in [5.74, 6) is 0.249. The van der Waals surface area contributed by atoms with Crippen LogP contribution >= 0.6 is 12.8 Å². The monoisotopic (exact) mass is 215 g/mol. The van der Waals surface area contributed by atoms with Crippen molar-refractivity contribution in [1.82, 2.24) is 0 Å². The Balaban J connectivity index is 2.43. The number of methoxy groups -OCH3 is 1. The van der Waals surface area contributed by atoms with E-state index in [1.54, 1.807) is 0 Å². The van der Waals surface area contributed by atoms with Crippen LogP contribution in [0.25, 0.3) is 0 Å². The van der Waals surface area contributed by atoms with Crippen LogP contribution in [0.1, 0.15) is 38.5 Å². The lowest BCUT2D eigenvalue weighted by atomic mass is 9.86. The molecule has 0 aromatic carbocycles. The van der Waals surface area contributed by atoms with Crippen LogP contribution in [0.5, 0.6) is 0 Å². The van der Waals surface area contributed by atoms with Gasteiger partial charge in [-0.15, -0.1) is 0 Å². The third-order valence-electron chi connectivity index (χ3n) is 2.75. The molecule has 1 saturated carbocycles. The molecule has 1 fully saturated rings. The molecule has 0 N–H and O–H groups in total. The van der Waals surface area contributed by atoms with Gasteiger partial charge >= 0.3 is 5.97 Å². The molecule has 1 aliphatic rings. The molecular weight excluding hydrogens is 198 g/mol. The zero-order valence-corrected chi connectivity index (χ0v) is 9.43. The lowest BCUT2D eigenvalue weighted by Crippen LogP contribution is -2.20. The average Bonchev–Trinajstić information content (AvgIpc) is 2.26. The van der Waals surface area contributed by atoms with Crippen molar-refractivity contribution in [3.63, 3.8) is 0 Å². The van der Waals surface area contributed by atoms with E-state index in [0.29, 0.717) is 11.6 Å². The number of carbonyl (C=O) groups is 1. The fraction of sp³-hybridized carbons (Fsp3) is 0.800. The van der Waals surface area contributed by atoms with E-state index in [2.05, 4.69) is 21.9 Å². The minimum absolute atomic E-state index is 0.342. The maximum Gasteiger partial charge on any atom is 0.353 e. The standard InChI is InChI=1S/C10H17NO2S/c1-13-10(12)9(11-14)7-8-5-3-2-4-6-8/h8,14H,2-7H2,1H3/b11-9-. The zero-order chi connectivity index (χ0) is 10.4. The Morgan fingerprint density at radius 2 is 2.07 bits per heavy atom. The summed E-state index contributed by atoms with van der Waals surface area (Å²) in [5, 5.41) is 0. The van der Waals surface area contributed by atoms with E-state index in [1.165, 1.54) is 39.2 Å². The van der Waals surface area contributed by atoms with Crippen molar-refractivity contribution in [2.75, 3.05) is 7.11 Å². The van der Waals surface area contributed by atoms with Gasteiger partial charge in [-0.2, -0.15) is 0 Å². The topological polar surface area (TPSA) is 38.7 Å². The second kappa shape index (κ2) is 6.06. The quantitative estimate of drug-likeness (QED) is 0.446. The highest BCUT2D eigenvalue weighted by molar-refractivity contribution is 7.79. The fourth-order valence-corrected chi connectivity index (χ4v) is 2.11. The summed E-state index contributed by atoms with van der Waals surface area (Å²) < 4.78 is 8.32. The van der Waals surface area contributed by atoms with Gasteiger partial charge in [-0.05, 0) is 18.7 Å². The van der Waals surface area contributed by atoms with E-state index >= 15 is 0 Å². The van der Waals surface area contributed by atoms with Gasteiger partial charge in [-0.3, -0.25) is 0 Å². The molecule has 0 bridgehead atoms. The molecule has 0 radical (unpaired) electrons. The first-order valence-corrected chi connectivity index (χ1v) is 5.47. The van der Waals surface area contributed by atoms with Crippen LogP contribution in [-0.4, -0.2) is 18.8 Å². The van der Waals surface area contributed by atoms with Crippen molar-refractivity contribution >= 4 is 24.5 Å². The fourth-order valence-electron chi connectivity index (χ4n) is 1.95. The van der Waals surface area contributed by atoms with Gasteiger partial charge in [0.2, 0.25) is 0 Å². The zero-order valence-electron chi connectivity index (χ0n) is 8.53. The van der Waals surface area contributed by atoms with Crippen LogP contribution in [0.4, 0.5) is 0 Å². The third kappa shape index (κ3) is 3.33. The van der Waals surface area contributed by atoms with E-state index in [9.17, 15) is 4.79 Å². The van der Waals surface area contributed by atoms with Gasteiger partial charge in [0.05, 0.1) is 7.11 Å². The van der Waals surface area contributed by atoms with Gasteiger partial charge in [0.15, 0.2) is 0 Å². The number of thiol groups is 1. The maximum atomic E-state index is 11.2. The summed E-state index contributed by atoms with van der Waals surface area (Å²) in [6.07, 6.45) is 6.98. The molecule has 0 spiro atoms. The number of esters is 1. The molecule has 0 saturated heterocycles. The minimum Gasteiger partial charge on any atom is -0.465 e. The Morgan fingerprint density at radius 3 is 2.57 bits per heavy atom. The Bertz CT molecular complexity index is 222. The summed E-state index contributed by atoms with van der Waals surface area (Å²) in [7, 11) is 1.38. The summed E-state index contributed by atoms with van der Waals surface area (Å²) in [5.41, 5.74) is 0.461. The van der Waals surface area contributed by atoms with Gasteiger partial charge < -0.3 is 4.74 Å². The van der Waals surface area contributed by atoms with Crippen LogP contribution in [0, 0.1) is 5.92 Å². The van der Waals surface area contributed by atoms with Crippen LogP contribution in [0.15, 0.2) is 4.40 Å². The summed E-state index contributed by atoms with van der Waals surface area (Å²) in [6.45, 7) is 0. The van der Waals surface area contributed by atoms with Crippen LogP contribution in [-0.2, 0) is 9.53 Å². The van der Waals surface area contributed by atoms with Crippen molar-refractivity contribution in [1.29, 1.82) is 0 Å². The molecule has 0 atom stereocenters. The first kappa shape index (κ1) is 11.6. The number of ether oxygens (including phenoxy) is 1. The summed E-state index contributed by atoms with van der Waals surface area (Å²) >= 11 is 3.80. The first-order chi connectivity index (χ1) is 6.77. The molecule has 0 unspecified atom stereocenters. The number of rotatable bonds is 3. The second-order valence-corrected chi connectivity index (χ2v) is 3.95. The molecule has 3 nitrogen and oxygen atoms in total. The van der Waals surface area contributed by atoms with E-state index in [0.717, 1.165) is 6.42 Å². The molecular formula is C10H17NO2S. The molecule has 0 aromatic heterocycles. The first-order valence-electron chi connectivity index (χ1n) is 5.07. The largest absolute Gasteiger partial charge is 0.465 e. The SMILES string of the molecule is COC(=O)/C(CC1CCCCC1)=N\S. The van der Waals surface area contributed by atoms with Crippen molar-refractivity contribution in [3.05, 3.63) is 0 Å². The van der Waals surface area contributed by atoms with Gasteiger partial charge in [-0.25, -0.2) is 9.19 Å². The Hall–Kier alpha value is -0.510. The van der Waals surface area contributed by atoms with E-state index in [1.807, 2.05) is 0 Å². The predicted octanol–water partition coefficient (Wildman–Crippen LogP) is 2.42. The van der Waals surface area contributed by atoms with Crippen LogP contribution in [0.3, 0.4) is 0 Å². The Kier molecular flexibility index (Phi) is 5.01. The third-order valence-corrected chi connectivity index (χ3v) is 2.99. The maximum absolute atomic E-state index is 11.2. The molecule has 0 amide bonds. The molecule has 1 aliphatic carbocycles.